The van der Waals surface area contributed by atoms with Gasteiger partial charge in [0, 0.05) is 32.7 Å². The lowest BCUT2D eigenvalue weighted by molar-refractivity contribution is -0.122. The Morgan fingerprint density at radius 3 is 2.67 bits per heavy atom. The molecule has 1 saturated heterocycles. The number of rotatable bonds is 7. The smallest absolute Gasteiger partial charge is 0.234 e. The van der Waals surface area contributed by atoms with Crippen LogP contribution >= 0.6 is 0 Å². The molecule has 0 aliphatic carbocycles. The zero-order valence-corrected chi connectivity index (χ0v) is 12.7. The minimum absolute atomic E-state index is 0.0863. The highest BCUT2D eigenvalue weighted by Gasteiger charge is 2.12. The lowest BCUT2D eigenvalue weighted by atomic mass is 10.2. The molecular weight excluding hydrogens is 266 g/mol. The van der Waals surface area contributed by atoms with Gasteiger partial charge < -0.3 is 15.4 Å². The van der Waals surface area contributed by atoms with Crippen molar-refractivity contribution in [3.05, 3.63) is 29.8 Å². The Morgan fingerprint density at radius 1 is 1.29 bits per heavy atom. The molecule has 0 atom stereocenters. The largest absolute Gasteiger partial charge is 0.494 e. The molecule has 1 amide bonds. The van der Waals surface area contributed by atoms with Crippen LogP contribution in [0.15, 0.2) is 24.3 Å². The summed E-state index contributed by atoms with van der Waals surface area (Å²) < 4.78 is 5.54. The van der Waals surface area contributed by atoms with Crippen molar-refractivity contribution in [2.45, 2.75) is 19.9 Å². The van der Waals surface area contributed by atoms with Crippen molar-refractivity contribution in [3.63, 3.8) is 0 Å². The van der Waals surface area contributed by atoms with E-state index < -0.39 is 0 Å². The molecule has 5 heteroatoms. The van der Waals surface area contributed by atoms with Crippen LogP contribution in [0.4, 0.5) is 0 Å². The quantitative estimate of drug-likeness (QED) is 0.787. The molecule has 1 fully saturated rings. The number of hydrogen-bond acceptors (Lipinski definition) is 4. The Labute approximate surface area is 126 Å². The zero-order valence-electron chi connectivity index (χ0n) is 12.7. The van der Waals surface area contributed by atoms with E-state index in [9.17, 15) is 4.79 Å². The Balaban J connectivity index is 1.70. The third-order valence-electron chi connectivity index (χ3n) is 3.46. The van der Waals surface area contributed by atoms with Crippen molar-refractivity contribution in [1.29, 1.82) is 0 Å². The molecule has 2 rings (SSSR count). The molecule has 0 spiro atoms. The summed E-state index contributed by atoms with van der Waals surface area (Å²) in [6, 6.07) is 7.90. The molecule has 1 aromatic carbocycles. The van der Waals surface area contributed by atoms with Gasteiger partial charge in [-0.25, -0.2) is 0 Å². The van der Waals surface area contributed by atoms with E-state index in [1.807, 2.05) is 24.3 Å². The Hall–Kier alpha value is -1.59. The lowest BCUT2D eigenvalue weighted by Crippen LogP contribution is -2.47. The summed E-state index contributed by atoms with van der Waals surface area (Å²) in [5.41, 5.74) is 1.09. The van der Waals surface area contributed by atoms with E-state index in [-0.39, 0.29) is 5.91 Å². The average Bonchev–Trinajstić information content (AvgIpc) is 2.53. The predicted octanol–water partition coefficient (Wildman–Crippen LogP) is 0.997. The maximum absolute atomic E-state index is 11.9. The summed E-state index contributed by atoms with van der Waals surface area (Å²) in [5, 5.41) is 6.25. The molecule has 0 unspecified atom stereocenters. The van der Waals surface area contributed by atoms with Crippen molar-refractivity contribution in [2.75, 3.05) is 39.3 Å². The Kier molecular flexibility index (Phi) is 6.50. The SMILES string of the molecule is CCCOc1ccc(CNC(=O)CN2CCNCC2)cc1. The van der Waals surface area contributed by atoms with Gasteiger partial charge in [-0.15, -0.1) is 0 Å². The van der Waals surface area contributed by atoms with Gasteiger partial charge in [-0.2, -0.15) is 0 Å². The number of nitrogens with zero attached hydrogens (tertiary/aromatic N) is 1. The van der Waals surface area contributed by atoms with Gasteiger partial charge in [-0.1, -0.05) is 19.1 Å². The van der Waals surface area contributed by atoms with Gasteiger partial charge in [0.05, 0.1) is 13.2 Å². The first kappa shape index (κ1) is 15.8. The summed E-state index contributed by atoms with van der Waals surface area (Å²) in [6.45, 7) is 7.69. The molecule has 0 aromatic heterocycles. The highest BCUT2D eigenvalue weighted by Crippen LogP contribution is 2.12. The van der Waals surface area contributed by atoms with Crippen LogP contribution < -0.4 is 15.4 Å². The standard InChI is InChI=1S/C16H25N3O2/c1-2-11-21-15-5-3-14(4-6-15)12-18-16(20)13-19-9-7-17-8-10-19/h3-6,17H,2,7-13H2,1H3,(H,18,20). The molecule has 1 aliphatic heterocycles. The van der Waals surface area contributed by atoms with E-state index in [4.69, 9.17) is 4.74 Å². The fraction of sp³-hybridized carbons (Fsp3) is 0.562. The fourth-order valence-corrected chi connectivity index (χ4v) is 2.25. The van der Waals surface area contributed by atoms with E-state index >= 15 is 0 Å². The van der Waals surface area contributed by atoms with Crippen LogP contribution in [0, 0.1) is 0 Å². The zero-order chi connectivity index (χ0) is 14.9. The second-order valence-corrected chi connectivity index (χ2v) is 5.30. The number of amides is 1. The van der Waals surface area contributed by atoms with Crippen LogP contribution in [-0.4, -0.2) is 50.1 Å². The summed E-state index contributed by atoms with van der Waals surface area (Å²) >= 11 is 0. The van der Waals surface area contributed by atoms with E-state index in [0.717, 1.165) is 50.5 Å². The van der Waals surface area contributed by atoms with Gasteiger partial charge in [-0.3, -0.25) is 9.69 Å². The molecule has 21 heavy (non-hydrogen) atoms. The number of benzene rings is 1. The van der Waals surface area contributed by atoms with Crippen LogP contribution in [0.25, 0.3) is 0 Å². The number of ether oxygens (including phenoxy) is 1. The first-order valence-corrected chi connectivity index (χ1v) is 7.69. The molecule has 0 bridgehead atoms. The highest BCUT2D eigenvalue weighted by molar-refractivity contribution is 5.78. The van der Waals surface area contributed by atoms with Crippen molar-refractivity contribution >= 4 is 5.91 Å². The van der Waals surface area contributed by atoms with Crippen molar-refractivity contribution in [3.8, 4) is 5.75 Å². The second kappa shape index (κ2) is 8.64. The van der Waals surface area contributed by atoms with Gasteiger partial charge in [0.2, 0.25) is 5.91 Å². The molecule has 116 valence electrons. The molecular formula is C16H25N3O2. The first-order chi connectivity index (χ1) is 10.3. The van der Waals surface area contributed by atoms with Gasteiger partial charge in [0.1, 0.15) is 5.75 Å². The Bertz CT molecular complexity index is 428. The number of carbonyl (C=O) groups is 1. The summed E-state index contributed by atoms with van der Waals surface area (Å²) in [5.74, 6) is 0.968. The normalized spacial score (nSPS) is 15.7. The van der Waals surface area contributed by atoms with Crippen molar-refractivity contribution in [2.24, 2.45) is 0 Å². The number of piperazine rings is 1. The molecule has 1 heterocycles. The number of nitrogens with one attached hydrogen (secondary N) is 2. The van der Waals surface area contributed by atoms with Gasteiger partial charge in [0.15, 0.2) is 0 Å². The minimum atomic E-state index is 0.0863. The molecule has 0 radical (unpaired) electrons. The second-order valence-electron chi connectivity index (χ2n) is 5.30. The van der Waals surface area contributed by atoms with E-state index in [1.54, 1.807) is 0 Å². The molecule has 1 aromatic rings. The minimum Gasteiger partial charge on any atom is -0.494 e. The maximum atomic E-state index is 11.9. The van der Waals surface area contributed by atoms with Gasteiger partial charge >= 0.3 is 0 Å². The van der Waals surface area contributed by atoms with Crippen molar-refractivity contribution < 1.29 is 9.53 Å². The monoisotopic (exact) mass is 291 g/mol. The topological polar surface area (TPSA) is 53.6 Å². The summed E-state index contributed by atoms with van der Waals surface area (Å²) in [7, 11) is 0. The number of carbonyl (C=O) groups excluding carboxylic acids is 1. The molecule has 2 N–H and O–H groups in total. The lowest BCUT2D eigenvalue weighted by Gasteiger charge is -2.26. The third-order valence-corrected chi connectivity index (χ3v) is 3.46. The van der Waals surface area contributed by atoms with Gasteiger partial charge in [-0.05, 0) is 24.1 Å². The maximum Gasteiger partial charge on any atom is 0.234 e. The molecule has 1 aliphatic rings. The van der Waals surface area contributed by atoms with Crippen LogP contribution in [0.1, 0.15) is 18.9 Å². The van der Waals surface area contributed by atoms with E-state index in [0.29, 0.717) is 13.1 Å². The highest BCUT2D eigenvalue weighted by atomic mass is 16.5. The molecule has 5 nitrogen and oxygen atoms in total. The summed E-state index contributed by atoms with van der Waals surface area (Å²) in [4.78, 5) is 14.1. The molecule has 0 saturated carbocycles. The van der Waals surface area contributed by atoms with Crippen LogP contribution in [-0.2, 0) is 11.3 Å². The fourth-order valence-electron chi connectivity index (χ4n) is 2.25. The Morgan fingerprint density at radius 2 is 2.00 bits per heavy atom. The van der Waals surface area contributed by atoms with E-state index in [1.165, 1.54) is 0 Å². The average molecular weight is 291 g/mol. The van der Waals surface area contributed by atoms with Gasteiger partial charge in [0.25, 0.3) is 0 Å². The predicted molar refractivity (Wildman–Crippen MR) is 83.4 cm³/mol. The van der Waals surface area contributed by atoms with Crippen LogP contribution in [0.3, 0.4) is 0 Å². The first-order valence-electron chi connectivity index (χ1n) is 7.69. The summed E-state index contributed by atoms with van der Waals surface area (Å²) in [6.07, 6.45) is 1.00. The van der Waals surface area contributed by atoms with Crippen molar-refractivity contribution in [1.82, 2.24) is 15.5 Å². The van der Waals surface area contributed by atoms with Crippen LogP contribution in [0.2, 0.25) is 0 Å². The van der Waals surface area contributed by atoms with Crippen LogP contribution in [0.5, 0.6) is 5.75 Å². The van der Waals surface area contributed by atoms with E-state index in [2.05, 4.69) is 22.5 Å². The third kappa shape index (κ3) is 5.73. The number of hydrogen-bond donors (Lipinski definition) is 2.